The van der Waals surface area contributed by atoms with Gasteiger partial charge in [-0.3, -0.25) is 4.79 Å². The lowest BCUT2D eigenvalue weighted by molar-refractivity contribution is 0.0942. The molecule has 0 saturated heterocycles. The van der Waals surface area contributed by atoms with Gasteiger partial charge in [-0.1, -0.05) is 0 Å². The number of thiazole rings is 1. The number of ether oxygens (including phenoxy) is 1. The van der Waals surface area contributed by atoms with Crippen molar-refractivity contribution in [1.82, 2.24) is 10.3 Å². The number of amides is 1. The zero-order valence-electron chi connectivity index (χ0n) is 11.6. The van der Waals surface area contributed by atoms with Crippen LogP contribution in [0.4, 0.5) is 8.78 Å². The molecule has 0 aliphatic heterocycles. The van der Waals surface area contributed by atoms with Crippen LogP contribution in [0.1, 0.15) is 15.5 Å². The van der Waals surface area contributed by atoms with Gasteiger partial charge in [0.1, 0.15) is 18.1 Å². The first-order valence-electron chi connectivity index (χ1n) is 6.60. The fraction of sp³-hybridized carbons (Fsp3) is 0.286. The van der Waals surface area contributed by atoms with Crippen molar-refractivity contribution in [2.75, 3.05) is 19.7 Å². The Morgan fingerprint density at radius 1 is 1.36 bits per heavy atom. The Morgan fingerprint density at radius 3 is 2.91 bits per heavy atom. The van der Waals surface area contributed by atoms with Gasteiger partial charge >= 0.3 is 0 Å². The van der Waals surface area contributed by atoms with Gasteiger partial charge in [-0.2, -0.15) is 0 Å². The lowest BCUT2D eigenvalue weighted by Gasteiger charge is -2.07. The van der Waals surface area contributed by atoms with Crippen LogP contribution < -0.4 is 15.8 Å². The lowest BCUT2D eigenvalue weighted by atomic mass is 10.3. The number of hydrogen-bond donors (Lipinski definition) is 2. The molecule has 8 heteroatoms. The predicted octanol–water partition coefficient (Wildman–Crippen LogP) is 1.73. The van der Waals surface area contributed by atoms with Gasteiger partial charge in [0.05, 0.1) is 11.6 Å². The van der Waals surface area contributed by atoms with E-state index < -0.39 is 11.6 Å². The Morgan fingerprint density at radius 2 is 2.18 bits per heavy atom. The maximum absolute atomic E-state index is 13.0. The molecule has 0 fully saturated rings. The summed E-state index contributed by atoms with van der Waals surface area (Å²) < 4.78 is 30.9. The number of benzene rings is 1. The molecule has 2 rings (SSSR count). The van der Waals surface area contributed by atoms with Crippen molar-refractivity contribution in [3.05, 3.63) is 45.9 Å². The van der Waals surface area contributed by atoms with Crippen LogP contribution >= 0.6 is 11.3 Å². The first-order valence-corrected chi connectivity index (χ1v) is 7.48. The third-order valence-electron chi connectivity index (χ3n) is 2.69. The number of rotatable bonds is 7. The van der Waals surface area contributed by atoms with Gasteiger partial charge in [-0.25, -0.2) is 13.8 Å². The van der Waals surface area contributed by atoms with Gasteiger partial charge in [0.2, 0.25) is 0 Å². The summed E-state index contributed by atoms with van der Waals surface area (Å²) in [6.07, 6.45) is 0.636. The van der Waals surface area contributed by atoms with Gasteiger partial charge in [-0.15, -0.1) is 11.3 Å². The van der Waals surface area contributed by atoms with E-state index in [4.69, 9.17) is 10.5 Å². The number of nitrogens with one attached hydrogen (secondary N) is 1. The average molecular weight is 327 g/mol. The minimum absolute atomic E-state index is 0.136. The third-order valence-corrected chi connectivity index (χ3v) is 3.60. The molecule has 5 nitrogen and oxygen atoms in total. The van der Waals surface area contributed by atoms with Crippen molar-refractivity contribution in [2.24, 2.45) is 5.73 Å². The van der Waals surface area contributed by atoms with E-state index in [9.17, 15) is 13.6 Å². The second-order valence-corrected chi connectivity index (χ2v) is 5.29. The zero-order chi connectivity index (χ0) is 15.9. The van der Waals surface area contributed by atoms with E-state index in [0.29, 0.717) is 18.7 Å². The Bertz CT molecular complexity index is 649. The number of nitrogens with two attached hydrogens (primary N) is 1. The van der Waals surface area contributed by atoms with Gasteiger partial charge in [0, 0.05) is 17.9 Å². The van der Waals surface area contributed by atoms with E-state index in [1.54, 1.807) is 5.38 Å². The van der Waals surface area contributed by atoms with E-state index in [0.717, 1.165) is 17.1 Å². The minimum atomic E-state index is -0.976. The van der Waals surface area contributed by atoms with E-state index in [2.05, 4.69) is 10.3 Å². The number of halogens is 2. The molecule has 3 N–H and O–H groups in total. The number of carbonyl (C=O) groups is 1. The van der Waals surface area contributed by atoms with E-state index in [1.165, 1.54) is 17.4 Å². The quantitative estimate of drug-likeness (QED) is 0.759. The molecular formula is C14H15F2N3O2S. The van der Waals surface area contributed by atoms with Crippen molar-refractivity contribution in [2.45, 2.75) is 6.42 Å². The Kier molecular flexibility index (Phi) is 5.79. The van der Waals surface area contributed by atoms with Crippen LogP contribution in [-0.4, -0.2) is 30.6 Å². The molecule has 118 valence electrons. The summed E-state index contributed by atoms with van der Waals surface area (Å²) in [5.41, 5.74) is 5.75. The van der Waals surface area contributed by atoms with Crippen LogP contribution in [0.2, 0.25) is 0 Å². The summed E-state index contributed by atoms with van der Waals surface area (Å²) in [4.78, 5) is 16.0. The molecule has 0 saturated carbocycles. The molecule has 0 aliphatic carbocycles. The van der Waals surface area contributed by atoms with E-state index in [1.807, 2.05) is 0 Å². The Hall–Kier alpha value is -2.06. The van der Waals surface area contributed by atoms with Crippen molar-refractivity contribution in [3.63, 3.8) is 0 Å². The van der Waals surface area contributed by atoms with Gasteiger partial charge in [0.25, 0.3) is 5.91 Å². The van der Waals surface area contributed by atoms with Crippen LogP contribution in [0.3, 0.4) is 0 Å². The molecule has 0 spiro atoms. The number of nitrogens with zero attached hydrogens (tertiary/aromatic N) is 1. The van der Waals surface area contributed by atoms with Crippen LogP contribution in [-0.2, 0) is 6.42 Å². The molecule has 22 heavy (non-hydrogen) atoms. The van der Waals surface area contributed by atoms with E-state index in [-0.39, 0.29) is 24.8 Å². The van der Waals surface area contributed by atoms with Crippen LogP contribution in [0.15, 0.2) is 23.6 Å². The highest BCUT2D eigenvalue weighted by Crippen LogP contribution is 2.15. The molecule has 0 radical (unpaired) electrons. The second kappa shape index (κ2) is 7.81. The molecular weight excluding hydrogens is 312 g/mol. The van der Waals surface area contributed by atoms with Crippen LogP contribution in [0.5, 0.6) is 5.75 Å². The minimum Gasteiger partial charge on any atom is -0.492 e. The van der Waals surface area contributed by atoms with Gasteiger partial charge in [-0.05, 0) is 18.7 Å². The average Bonchev–Trinajstić information content (AvgIpc) is 2.96. The van der Waals surface area contributed by atoms with Crippen molar-refractivity contribution < 1.29 is 18.3 Å². The summed E-state index contributed by atoms with van der Waals surface area (Å²) in [5, 5.41) is 5.11. The normalized spacial score (nSPS) is 10.5. The fourth-order valence-electron chi connectivity index (χ4n) is 1.64. The molecule has 1 heterocycles. The first-order chi connectivity index (χ1) is 10.6. The molecule has 0 bridgehead atoms. The zero-order valence-corrected chi connectivity index (χ0v) is 12.5. The Balaban J connectivity index is 1.75. The smallest absolute Gasteiger partial charge is 0.270 e. The lowest BCUT2D eigenvalue weighted by Crippen LogP contribution is -2.28. The first kappa shape index (κ1) is 16.3. The Labute approximate surface area is 130 Å². The summed E-state index contributed by atoms with van der Waals surface area (Å²) >= 11 is 1.38. The van der Waals surface area contributed by atoms with Gasteiger partial charge in [0.15, 0.2) is 11.6 Å². The van der Waals surface area contributed by atoms with E-state index >= 15 is 0 Å². The number of aromatic nitrogens is 1. The largest absolute Gasteiger partial charge is 0.492 e. The molecule has 0 unspecified atom stereocenters. The van der Waals surface area contributed by atoms with Gasteiger partial charge < -0.3 is 15.8 Å². The van der Waals surface area contributed by atoms with Crippen molar-refractivity contribution in [1.29, 1.82) is 0 Å². The highest BCUT2D eigenvalue weighted by atomic mass is 32.1. The molecule has 1 amide bonds. The molecule has 2 aromatic rings. The highest BCUT2D eigenvalue weighted by molar-refractivity contribution is 7.09. The summed E-state index contributed by atoms with van der Waals surface area (Å²) in [5.74, 6) is -2.02. The number of carbonyl (C=O) groups excluding carboxylic acids is 1. The monoisotopic (exact) mass is 327 g/mol. The summed E-state index contributed by atoms with van der Waals surface area (Å²) in [6.45, 7) is 0.842. The van der Waals surface area contributed by atoms with Crippen LogP contribution in [0, 0.1) is 11.6 Å². The molecule has 1 aromatic heterocycles. The predicted molar refractivity (Wildman–Crippen MR) is 79.1 cm³/mol. The standard InChI is InChI=1S/C14H15F2N3O2S/c15-10-2-1-9(7-11(10)16)21-6-5-18-14(20)12-8-22-13(19-12)3-4-17/h1-2,7-8H,3-6,17H2,(H,18,20). The van der Waals surface area contributed by atoms with Crippen molar-refractivity contribution >= 4 is 17.2 Å². The summed E-state index contributed by atoms with van der Waals surface area (Å²) in [7, 11) is 0. The molecule has 0 atom stereocenters. The summed E-state index contributed by atoms with van der Waals surface area (Å²) in [6, 6.07) is 3.26. The SMILES string of the molecule is NCCc1nc(C(=O)NCCOc2ccc(F)c(F)c2)cs1. The highest BCUT2D eigenvalue weighted by Gasteiger charge is 2.10. The van der Waals surface area contributed by atoms with Crippen LogP contribution in [0.25, 0.3) is 0 Å². The topological polar surface area (TPSA) is 77.2 Å². The maximum Gasteiger partial charge on any atom is 0.270 e. The molecule has 0 aliphatic rings. The van der Waals surface area contributed by atoms with Crippen molar-refractivity contribution in [3.8, 4) is 5.75 Å². The fourth-order valence-corrected chi connectivity index (χ4v) is 2.44. The second-order valence-electron chi connectivity index (χ2n) is 4.35. The number of hydrogen-bond acceptors (Lipinski definition) is 5. The maximum atomic E-state index is 13.0. The third kappa shape index (κ3) is 4.47. The molecule has 1 aromatic carbocycles.